The van der Waals surface area contributed by atoms with Gasteiger partial charge in [-0.2, -0.15) is 0 Å². The van der Waals surface area contributed by atoms with Crippen LogP contribution in [0.1, 0.15) is 23.6 Å². The molecule has 1 aromatic heterocycles. The molecule has 3 aromatic rings. The summed E-state index contributed by atoms with van der Waals surface area (Å²) in [5, 5.41) is 10.5. The number of aryl methyl sites for hydroxylation is 3. The van der Waals surface area contributed by atoms with Crippen molar-refractivity contribution in [2.45, 2.75) is 33.8 Å². The summed E-state index contributed by atoms with van der Waals surface area (Å²) in [5.74, 6) is 1.27. The Bertz CT molecular complexity index is 997. The highest BCUT2D eigenvalue weighted by Gasteiger charge is 2.21. The molecule has 0 fully saturated rings. The lowest BCUT2D eigenvalue weighted by Gasteiger charge is -2.15. The quantitative estimate of drug-likeness (QED) is 0.692. The smallest absolute Gasteiger partial charge is 0.266 e. The van der Waals surface area contributed by atoms with Gasteiger partial charge in [0.1, 0.15) is 11.5 Å². The lowest BCUT2D eigenvalue weighted by Crippen LogP contribution is -2.30. The second-order valence-electron chi connectivity index (χ2n) is 6.64. The van der Waals surface area contributed by atoms with Crippen molar-refractivity contribution in [3.63, 3.8) is 0 Å². The second kappa shape index (κ2) is 8.12. The Kier molecular flexibility index (Phi) is 5.63. The largest absolute Gasteiger partial charge is 0.497 e. The van der Waals surface area contributed by atoms with Crippen LogP contribution in [0.4, 0.5) is 5.82 Å². The van der Waals surface area contributed by atoms with Crippen molar-refractivity contribution in [2.24, 2.45) is 0 Å². The number of methoxy groups -OCH3 is 1. The fraction of sp³-hybridized carbons (Fsp3) is 0.286. The molecular formula is C21H23N3O4. The molecule has 146 valence electrons. The molecule has 7 heteroatoms. The summed E-state index contributed by atoms with van der Waals surface area (Å²) in [6, 6.07) is 11.2. The highest BCUT2D eigenvalue weighted by atomic mass is 16.6. The number of benzene rings is 2. The number of ether oxygens (including phenoxy) is 2. The van der Waals surface area contributed by atoms with Crippen molar-refractivity contribution < 1.29 is 18.9 Å². The summed E-state index contributed by atoms with van der Waals surface area (Å²) in [4.78, 5) is 12.6. The van der Waals surface area contributed by atoms with Crippen LogP contribution in [-0.4, -0.2) is 29.4 Å². The van der Waals surface area contributed by atoms with E-state index in [0.717, 1.165) is 28.0 Å². The highest BCUT2D eigenvalue weighted by molar-refractivity contribution is 5.96. The molecular weight excluding hydrogens is 358 g/mol. The van der Waals surface area contributed by atoms with Crippen molar-refractivity contribution in [3.05, 3.63) is 53.1 Å². The lowest BCUT2D eigenvalue weighted by molar-refractivity contribution is -0.122. The van der Waals surface area contributed by atoms with E-state index in [1.807, 2.05) is 57.2 Å². The fourth-order valence-corrected chi connectivity index (χ4v) is 2.74. The predicted octanol–water partition coefficient (Wildman–Crippen LogP) is 4.08. The minimum absolute atomic E-state index is 0.244. The molecule has 1 atom stereocenters. The van der Waals surface area contributed by atoms with Gasteiger partial charge in [0.25, 0.3) is 5.91 Å². The summed E-state index contributed by atoms with van der Waals surface area (Å²) in [7, 11) is 1.61. The Hall–Kier alpha value is -3.35. The van der Waals surface area contributed by atoms with Crippen LogP contribution in [-0.2, 0) is 4.79 Å². The number of rotatable bonds is 6. The van der Waals surface area contributed by atoms with E-state index in [1.54, 1.807) is 14.0 Å². The molecule has 0 bridgehead atoms. The molecule has 7 nitrogen and oxygen atoms in total. The van der Waals surface area contributed by atoms with Crippen LogP contribution >= 0.6 is 0 Å². The average Bonchev–Trinajstić information content (AvgIpc) is 3.12. The van der Waals surface area contributed by atoms with Crippen LogP contribution in [0.3, 0.4) is 0 Å². The summed E-state index contributed by atoms with van der Waals surface area (Å²) in [6.45, 7) is 7.62. The van der Waals surface area contributed by atoms with E-state index in [2.05, 4.69) is 15.6 Å². The number of amides is 1. The average molecular weight is 381 g/mol. The Morgan fingerprint density at radius 3 is 2.39 bits per heavy atom. The molecule has 0 saturated carbocycles. The van der Waals surface area contributed by atoms with Gasteiger partial charge in [0, 0.05) is 5.56 Å². The van der Waals surface area contributed by atoms with Crippen LogP contribution in [0.15, 0.2) is 41.0 Å². The molecule has 1 amide bonds. The van der Waals surface area contributed by atoms with Crippen molar-refractivity contribution in [1.82, 2.24) is 10.3 Å². The van der Waals surface area contributed by atoms with Gasteiger partial charge >= 0.3 is 0 Å². The predicted molar refractivity (Wildman–Crippen MR) is 106 cm³/mol. The van der Waals surface area contributed by atoms with E-state index in [9.17, 15) is 4.79 Å². The molecule has 0 radical (unpaired) electrons. The third-order valence-electron chi connectivity index (χ3n) is 4.58. The zero-order valence-corrected chi connectivity index (χ0v) is 16.6. The Morgan fingerprint density at radius 1 is 1.00 bits per heavy atom. The van der Waals surface area contributed by atoms with E-state index in [1.165, 1.54) is 0 Å². The molecule has 1 unspecified atom stereocenters. The Labute approximate surface area is 163 Å². The Morgan fingerprint density at radius 2 is 1.71 bits per heavy atom. The van der Waals surface area contributed by atoms with Gasteiger partial charge in [0.05, 0.1) is 7.11 Å². The maximum Gasteiger partial charge on any atom is 0.266 e. The summed E-state index contributed by atoms with van der Waals surface area (Å²) >= 11 is 0. The highest BCUT2D eigenvalue weighted by Crippen LogP contribution is 2.30. The SMILES string of the molecule is COc1ccc(-c2nonc2NC(=O)C(C)Oc2ccc(C)c(C)c2)c(C)c1. The van der Waals surface area contributed by atoms with Gasteiger partial charge in [-0.05, 0) is 85.0 Å². The first-order valence-electron chi connectivity index (χ1n) is 8.91. The molecule has 0 saturated heterocycles. The van der Waals surface area contributed by atoms with Crippen LogP contribution in [0.2, 0.25) is 0 Å². The number of carbonyl (C=O) groups is 1. The molecule has 0 aliphatic rings. The third kappa shape index (κ3) is 4.14. The Balaban J connectivity index is 1.74. The van der Waals surface area contributed by atoms with Gasteiger partial charge in [-0.1, -0.05) is 6.07 Å². The number of anilines is 1. The van der Waals surface area contributed by atoms with Gasteiger partial charge in [0.15, 0.2) is 11.8 Å². The molecule has 2 aromatic carbocycles. The molecule has 1 N–H and O–H groups in total. The second-order valence-corrected chi connectivity index (χ2v) is 6.64. The number of carbonyl (C=O) groups excluding carboxylic acids is 1. The molecule has 0 aliphatic heterocycles. The first-order valence-corrected chi connectivity index (χ1v) is 8.91. The van der Waals surface area contributed by atoms with E-state index in [4.69, 9.17) is 14.1 Å². The minimum atomic E-state index is -0.719. The number of nitrogens with zero attached hydrogens (tertiary/aromatic N) is 2. The van der Waals surface area contributed by atoms with Crippen LogP contribution in [0, 0.1) is 20.8 Å². The van der Waals surface area contributed by atoms with Crippen LogP contribution in [0.25, 0.3) is 11.3 Å². The summed E-state index contributed by atoms with van der Waals surface area (Å²) in [6.07, 6.45) is -0.719. The lowest BCUT2D eigenvalue weighted by atomic mass is 10.1. The fourth-order valence-electron chi connectivity index (χ4n) is 2.74. The number of hydrogen-bond acceptors (Lipinski definition) is 6. The number of hydrogen-bond donors (Lipinski definition) is 1. The monoisotopic (exact) mass is 381 g/mol. The topological polar surface area (TPSA) is 86.5 Å². The first kappa shape index (κ1) is 19.4. The maximum atomic E-state index is 12.6. The standard InChI is InChI=1S/C21H23N3O4/c1-12-6-7-17(10-13(12)2)27-15(4)21(25)22-20-19(23-28-24-20)18-9-8-16(26-5)11-14(18)3/h6-11,15H,1-5H3,(H,22,24,25). The third-order valence-corrected chi connectivity index (χ3v) is 4.58. The van der Waals surface area contributed by atoms with Crippen molar-refractivity contribution in [2.75, 3.05) is 12.4 Å². The van der Waals surface area contributed by atoms with E-state index in [-0.39, 0.29) is 11.7 Å². The van der Waals surface area contributed by atoms with Gasteiger partial charge in [-0.3, -0.25) is 4.79 Å². The van der Waals surface area contributed by atoms with E-state index < -0.39 is 6.10 Å². The zero-order valence-electron chi connectivity index (χ0n) is 16.6. The summed E-state index contributed by atoms with van der Waals surface area (Å²) < 4.78 is 15.8. The van der Waals surface area contributed by atoms with Crippen LogP contribution < -0.4 is 14.8 Å². The zero-order chi connectivity index (χ0) is 20.3. The maximum absolute atomic E-state index is 12.6. The normalized spacial score (nSPS) is 11.8. The number of aromatic nitrogens is 2. The van der Waals surface area contributed by atoms with Crippen molar-refractivity contribution in [3.8, 4) is 22.8 Å². The van der Waals surface area contributed by atoms with Gasteiger partial charge in [-0.15, -0.1) is 0 Å². The molecule has 28 heavy (non-hydrogen) atoms. The van der Waals surface area contributed by atoms with E-state index >= 15 is 0 Å². The summed E-state index contributed by atoms with van der Waals surface area (Å²) in [5.41, 5.74) is 4.43. The van der Waals surface area contributed by atoms with Gasteiger partial charge in [-0.25, -0.2) is 4.63 Å². The van der Waals surface area contributed by atoms with E-state index in [0.29, 0.717) is 11.4 Å². The van der Waals surface area contributed by atoms with Crippen LogP contribution in [0.5, 0.6) is 11.5 Å². The van der Waals surface area contributed by atoms with Crippen molar-refractivity contribution >= 4 is 11.7 Å². The first-order chi connectivity index (χ1) is 13.4. The molecule has 0 spiro atoms. The van der Waals surface area contributed by atoms with Gasteiger partial charge < -0.3 is 14.8 Å². The number of nitrogens with one attached hydrogen (secondary N) is 1. The van der Waals surface area contributed by atoms with Crippen molar-refractivity contribution in [1.29, 1.82) is 0 Å². The van der Waals surface area contributed by atoms with Gasteiger partial charge in [0.2, 0.25) is 5.82 Å². The molecule has 3 rings (SSSR count). The molecule has 1 heterocycles. The molecule has 0 aliphatic carbocycles. The minimum Gasteiger partial charge on any atom is -0.497 e.